The Hall–Kier alpha value is -1.34. The highest BCUT2D eigenvalue weighted by atomic mass is 16.5. The lowest BCUT2D eigenvalue weighted by Gasteiger charge is -1.95. The quantitative estimate of drug-likeness (QED) is 0.753. The molecule has 0 spiro atoms. The van der Waals surface area contributed by atoms with Crippen LogP contribution in [0.5, 0.6) is 0 Å². The molecule has 68 valence electrons. The molecule has 0 aliphatic heterocycles. The summed E-state index contributed by atoms with van der Waals surface area (Å²) in [5.41, 5.74) is 1.48. The second kappa shape index (κ2) is 3.19. The van der Waals surface area contributed by atoms with Crippen molar-refractivity contribution in [3.8, 4) is 6.07 Å². The fraction of sp³-hybridized carbons (Fsp3) is 0.556. The third-order valence-electron chi connectivity index (χ3n) is 2.21. The van der Waals surface area contributed by atoms with Gasteiger partial charge in [0.25, 0.3) is 0 Å². The molecule has 1 fully saturated rings. The number of rotatable bonds is 3. The van der Waals surface area contributed by atoms with E-state index in [-0.39, 0.29) is 0 Å². The average molecular weight is 177 g/mol. The van der Waals surface area contributed by atoms with Gasteiger partial charge in [0.15, 0.2) is 0 Å². The summed E-state index contributed by atoms with van der Waals surface area (Å²) in [4.78, 5) is 0. The molecule has 1 aromatic rings. The lowest BCUT2D eigenvalue weighted by atomic mass is 10.3. The third-order valence-corrected chi connectivity index (χ3v) is 2.21. The Bertz CT molecular complexity index is 339. The molecule has 4 nitrogen and oxygen atoms in total. The predicted octanol–water partition coefficient (Wildman–Crippen LogP) is 1.17. The number of nitrogens with zero attached hydrogens (tertiary/aromatic N) is 2. The minimum absolute atomic E-state index is 0.319. The summed E-state index contributed by atoms with van der Waals surface area (Å²) in [6, 6.07) is 3.81. The summed E-state index contributed by atoms with van der Waals surface area (Å²) >= 11 is 0. The van der Waals surface area contributed by atoms with Gasteiger partial charge in [-0.2, -0.15) is 10.4 Å². The third kappa shape index (κ3) is 1.56. The van der Waals surface area contributed by atoms with E-state index in [0.717, 1.165) is 18.7 Å². The first-order valence-electron chi connectivity index (χ1n) is 4.42. The van der Waals surface area contributed by atoms with Crippen molar-refractivity contribution in [2.45, 2.75) is 25.4 Å². The zero-order valence-electron chi connectivity index (χ0n) is 7.45. The Morgan fingerprint density at radius 3 is 3.31 bits per heavy atom. The van der Waals surface area contributed by atoms with Gasteiger partial charge in [0.2, 0.25) is 0 Å². The number of ether oxygens (including phenoxy) is 1. The number of aromatic amines is 1. The smallest absolute Gasteiger partial charge is 0.135 e. The van der Waals surface area contributed by atoms with Crippen LogP contribution in [0, 0.1) is 11.3 Å². The van der Waals surface area contributed by atoms with E-state index in [1.165, 1.54) is 0 Å². The van der Waals surface area contributed by atoms with Crippen molar-refractivity contribution in [1.82, 2.24) is 10.2 Å². The predicted molar refractivity (Wildman–Crippen MR) is 46.1 cm³/mol. The largest absolute Gasteiger partial charge is 0.378 e. The van der Waals surface area contributed by atoms with Crippen LogP contribution < -0.4 is 0 Å². The van der Waals surface area contributed by atoms with E-state index in [4.69, 9.17) is 10.00 Å². The summed E-state index contributed by atoms with van der Waals surface area (Å²) in [7, 11) is 0. The van der Waals surface area contributed by atoms with Crippen molar-refractivity contribution in [2.24, 2.45) is 0 Å². The Morgan fingerprint density at radius 2 is 2.69 bits per heavy atom. The summed E-state index contributed by atoms with van der Waals surface area (Å²) in [6.07, 6.45) is 1.35. The van der Waals surface area contributed by atoms with Crippen LogP contribution in [-0.2, 0) is 4.74 Å². The van der Waals surface area contributed by atoms with E-state index < -0.39 is 0 Å². The Balaban J connectivity index is 2.00. The summed E-state index contributed by atoms with van der Waals surface area (Å²) in [5, 5.41) is 15.3. The molecule has 1 N–H and O–H groups in total. The highest BCUT2D eigenvalue weighted by Crippen LogP contribution is 2.42. The van der Waals surface area contributed by atoms with Gasteiger partial charge in [-0.25, -0.2) is 0 Å². The molecule has 1 aliphatic rings. The van der Waals surface area contributed by atoms with Crippen molar-refractivity contribution in [1.29, 1.82) is 5.26 Å². The lowest BCUT2D eigenvalue weighted by Crippen LogP contribution is -1.95. The van der Waals surface area contributed by atoms with E-state index >= 15 is 0 Å². The van der Waals surface area contributed by atoms with Crippen LogP contribution in [0.4, 0.5) is 0 Å². The molecular weight excluding hydrogens is 166 g/mol. The van der Waals surface area contributed by atoms with Gasteiger partial charge in [0.1, 0.15) is 11.8 Å². The second-order valence-electron chi connectivity index (χ2n) is 3.15. The van der Waals surface area contributed by atoms with Crippen LogP contribution in [0.1, 0.15) is 30.7 Å². The number of H-pyrrole nitrogens is 1. The molecule has 0 aromatic carbocycles. The minimum atomic E-state index is 0.319. The molecule has 1 heterocycles. The number of aromatic nitrogens is 2. The van der Waals surface area contributed by atoms with Crippen LogP contribution in [0.3, 0.4) is 0 Å². The highest BCUT2D eigenvalue weighted by Gasteiger charge is 2.40. The SMILES string of the molecule is CCOC1CC1c1cc(C#N)[nH]n1. The standard InChI is InChI=1S/C9H11N3O/c1-2-13-9-4-7(9)8-3-6(5-10)11-12-8/h3,7,9H,2,4H2,1H3,(H,11,12). The van der Waals surface area contributed by atoms with Gasteiger partial charge in [-0.1, -0.05) is 0 Å². The molecule has 0 radical (unpaired) electrons. The molecule has 1 saturated carbocycles. The van der Waals surface area contributed by atoms with Crippen molar-refractivity contribution in [3.05, 3.63) is 17.5 Å². The zero-order valence-corrected chi connectivity index (χ0v) is 7.45. The average Bonchev–Trinajstić information content (AvgIpc) is 2.76. The van der Waals surface area contributed by atoms with Crippen molar-refractivity contribution in [2.75, 3.05) is 6.61 Å². The molecule has 0 saturated heterocycles. The monoisotopic (exact) mass is 177 g/mol. The maximum absolute atomic E-state index is 8.57. The molecule has 4 heteroatoms. The molecular formula is C9H11N3O. The van der Waals surface area contributed by atoms with E-state index in [2.05, 4.69) is 10.2 Å². The maximum Gasteiger partial charge on any atom is 0.135 e. The molecule has 1 aliphatic carbocycles. The van der Waals surface area contributed by atoms with E-state index in [1.807, 2.05) is 13.0 Å². The first-order chi connectivity index (χ1) is 6.35. The Kier molecular flexibility index (Phi) is 2.03. The summed E-state index contributed by atoms with van der Waals surface area (Å²) in [6.45, 7) is 2.73. The van der Waals surface area contributed by atoms with Gasteiger partial charge in [-0.15, -0.1) is 0 Å². The van der Waals surface area contributed by atoms with Crippen molar-refractivity contribution in [3.63, 3.8) is 0 Å². The molecule has 2 atom stereocenters. The number of nitrogens with one attached hydrogen (secondary N) is 1. The molecule has 13 heavy (non-hydrogen) atoms. The molecule has 2 rings (SSSR count). The fourth-order valence-corrected chi connectivity index (χ4v) is 1.47. The highest BCUT2D eigenvalue weighted by molar-refractivity contribution is 5.27. The number of nitriles is 1. The van der Waals surface area contributed by atoms with Gasteiger partial charge in [0, 0.05) is 12.5 Å². The van der Waals surface area contributed by atoms with Crippen molar-refractivity contribution >= 4 is 0 Å². The maximum atomic E-state index is 8.57. The topological polar surface area (TPSA) is 61.7 Å². The van der Waals surface area contributed by atoms with E-state index in [0.29, 0.717) is 17.7 Å². The van der Waals surface area contributed by atoms with Gasteiger partial charge in [-0.3, -0.25) is 5.10 Å². The van der Waals surface area contributed by atoms with Crippen LogP contribution >= 0.6 is 0 Å². The fourth-order valence-electron chi connectivity index (χ4n) is 1.47. The van der Waals surface area contributed by atoms with E-state index in [1.54, 1.807) is 6.07 Å². The second-order valence-corrected chi connectivity index (χ2v) is 3.15. The molecule has 2 unspecified atom stereocenters. The van der Waals surface area contributed by atoms with Gasteiger partial charge < -0.3 is 4.74 Å². The number of hydrogen-bond donors (Lipinski definition) is 1. The normalized spacial score (nSPS) is 25.5. The molecule has 1 aromatic heterocycles. The minimum Gasteiger partial charge on any atom is -0.378 e. The van der Waals surface area contributed by atoms with Crippen LogP contribution in [0.25, 0.3) is 0 Å². The van der Waals surface area contributed by atoms with Gasteiger partial charge in [-0.05, 0) is 19.4 Å². The van der Waals surface area contributed by atoms with Gasteiger partial charge >= 0.3 is 0 Å². The van der Waals surface area contributed by atoms with Crippen LogP contribution in [0.15, 0.2) is 6.07 Å². The van der Waals surface area contributed by atoms with Crippen LogP contribution in [0.2, 0.25) is 0 Å². The Labute approximate surface area is 76.5 Å². The first kappa shape index (κ1) is 8.27. The lowest BCUT2D eigenvalue weighted by molar-refractivity contribution is 0.128. The summed E-state index contributed by atoms with van der Waals surface area (Å²) < 4.78 is 5.43. The Morgan fingerprint density at radius 1 is 1.85 bits per heavy atom. The molecule has 0 bridgehead atoms. The number of hydrogen-bond acceptors (Lipinski definition) is 3. The molecule has 0 amide bonds. The van der Waals surface area contributed by atoms with E-state index in [9.17, 15) is 0 Å². The first-order valence-corrected chi connectivity index (χ1v) is 4.42. The zero-order chi connectivity index (χ0) is 9.26. The summed E-state index contributed by atoms with van der Waals surface area (Å²) in [5.74, 6) is 0.401. The van der Waals surface area contributed by atoms with Crippen molar-refractivity contribution < 1.29 is 4.74 Å². The van der Waals surface area contributed by atoms with Gasteiger partial charge in [0.05, 0.1) is 11.8 Å². The van der Waals surface area contributed by atoms with Crippen LogP contribution in [-0.4, -0.2) is 22.9 Å².